The van der Waals surface area contributed by atoms with Crippen molar-refractivity contribution in [1.29, 1.82) is 0 Å². The lowest BCUT2D eigenvalue weighted by Crippen LogP contribution is -2.54. The maximum Gasteiger partial charge on any atom is 0.310 e. The van der Waals surface area contributed by atoms with Crippen molar-refractivity contribution in [2.24, 2.45) is 35.5 Å². The molecule has 0 aromatic heterocycles. The highest BCUT2D eigenvalue weighted by atomic mass is 16.5. The molecule has 380 valence electrons. The largest absolute Gasteiger partial charge is 0.481 e. The Morgan fingerprint density at radius 3 is 2.09 bits per heavy atom. The smallest absolute Gasteiger partial charge is 0.310 e. The van der Waals surface area contributed by atoms with Gasteiger partial charge in [-0.2, -0.15) is 0 Å². The molecule has 13 nitrogen and oxygen atoms in total. The number of hydrogen-bond acceptors (Lipinski definition) is 10. The van der Waals surface area contributed by atoms with E-state index in [1.165, 1.54) is 0 Å². The number of hydrogen-bond donors (Lipinski definition) is 1. The van der Waals surface area contributed by atoms with Gasteiger partial charge in [-0.1, -0.05) is 128 Å². The molecule has 1 heterocycles. The quantitative estimate of drug-likeness (QED) is 0.0664. The van der Waals surface area contributed by atoms with Crippen LogP contribution in [-0.4, -0.2) is 127 Å². The first-order valence-corrected chi connectivity index (χ1v) is 25.1. The van der Waals surface area contributed by atoms with Gasteiger partial charge in [-0.3, -0.25) is 33.7 Å². The van der Waals surface area contributed by atoms with Crippen LogP contribution < -0.4 is 0 Å². The molecule has 0 aliphatic carbocycles. The van der Waals surface area contributed by atoms with E-state index in [1.807, 2.05) is 133 Å². The second-order valence-corrected chi connectivity index (χ2v) is 20.1. The van der Waals surface area contributed by atoms with Crippen molar-refractivity contribution >= 4 is 46.1 Å². The minimum atomic E-state index is -0.883. The number of likely N-dealkylation sites (N-methyl/N-ethyl adjacent to an activating group) is 2. The average Bonchev–Trinajstić information content (AvgIpc) is 3.81. The Morgan fingerprint density at radius 1 is 0.797 bits per heavy atom. The van der Waals surface area contributed by atoms with Gasteiger partial charge in [0.1, 0.15) is 12.4 Å². The van der Waals surface area contributed by atoms with Crippen LogP contribution in [0.15, 0.2) is 72.8 Å². The molecule has 1 aliphatic heterocycles. The summed E-state index contributed by atoms with van der Waals surface area (Å²) in [5, 5.41) is 11.2. The van der Waals surface area contributed by atoms with Crippen LogP contribution in [0.2, 0.25) is 0 Å². The van der Waals surface area contributed by atoms with Crippen LogP contribution in [0.1, 0.15) is 111 Å². The van der Waals surface area contributed by atoms with Crippen molar-refractivity contribution in [2.45, 2.75) is 143 Å². The van der Waals surface area contributed by atoms with Gasteiger partial charge in [-0.05, 0) is 78.9 Å². The number of amides is 2. The van der Waals surface area contributed by atoms with Crippen molar-refractivity contribution in [3.8, 4) is 0 Å². The third kappa shape index (κ3) is 15.5. The van der Waals surface area contributed by atoms with Crippen molar-refractivity contribution in [3.05, 3.63) is 83.9 Å². The van der Waals surface area contributed by atoms with Gasteiger partial charge in [0.2, 0.25) is 11.8 Å². The van der Waals surface area contributed by atoms with Gasteiger partial charge in [0, 0.05) is 58.9 Å². The van der Waals surface area contributed by atoms with Crippen molar-refractivity contribution in [3.63, 3.8) is 0 Å². The number of benzene rings is 3. The number of carbonyl (C=O) groups excluding carboxylic acids is 5. The van der Waals surface area contributed by atoms with Gasteiger partial charge in [0.15, 0.2) is 5.78 Å². The first kappa shape index (κ1) is 56.6. The molecule has 0 unspecified atom stereocenters. The number of fused-ring (bicyclic) bond motifs is 1. The lowest BCUT2D eigenvalue weighted by atomic mass is 9.83. The number of nitrogens with zero attached hydrogens (tertiary/aromatic N) is 3. The van der Waals surface area contributed by atoms with Crippen LogP contribution in [0.5, 0.6) is 0 Å². The molecule has 0 bridgehead atoms. The second kappa shape index (κ2) is 27.4. The Labute approximate surface area is 411 Å². The molecule has 0 saturated carbocycles. The van der Waals surface area contributed by atoms with E-state index in [4.69, 9.17) is 19.3 Å². The molecule has 13 heteroatoms. The summed E-state index contributed by atoms with van der Waals surface area (Å²) in [6.45, 7) is 14.7. The molecule has 3 aromatic carbocycles. The highest BCUT2D eigenvalue weighted by molar-refractivity contribution is 5.91. The van der Waals surface area contributed by atoms with Gasteiger partial charge in [0.25, 0.3) is 0 Å². The van der Waals surface area contributed by atoms with E-state index >= 15 is 0 Å². The van der Waals surface area contributed by atoms with Gasteiger partial charge < -0.3 is 29.1 Å². The Kier molecular flexibility index (Phi) is 22.5. The zero-order chi connectivity index (χ0) is 50.9. The molecular formula is C56H81N3O10. The van der Waals surface area contributed by atoms with E-state index in [0.717, 1.165) is 28.3 Å². The van der Waals surface area contributed by atoms with Crippen LogP contribution >= 0.6 is 0 Å². The van der Waals surface area contributed by atoms with Crippen LogP contribution in [-0.2, 0) is 56.0 Å². The molecule has 3 aromatic rings. The zero-order valence-electron chi connectivity index (χ0n) is 43.2. The number of aliphatic carboxylic acids is 1. The first-order chi connectivity index (χ1) is 32.8. The Morgan fingerprint density at radius 2 is 1.46 bits per heavy atom. The Bertz CT molecular complexity index is 2140. The number of methoxy groups -OCH3 is 2. The lowest BCUT2D eigenvalue weighted by Gasteiger charge is -2.41. The van der Waals surface area contributed by atoms with E-state index in [9.17, 15) is 28.8 Å². The summed E-state index contributed by atoms with van der Waals surface area (Å²) in [7, 11) is 6.69. The van der Waals surface area contributed by atoms with E-state index in [1.54, 1.807) is 31.1 Å². The summed E-state index contributed by atoms with van der Waals surface area (Å²) in [5.74, 6) is -4.20. The number of ether oxygens (including phenoxy) is 3. The van der Waals surface area contributed by atoms with Gasteiger partial charge >= 0.3 is 11.9 Å². The minimum Gasteiger partial charge on any atom is -0.481 e. The van der Waals surface area contributed by atoms with Crippen molar-refractivity contribution in [1.82, 2.24) is 14.7 Å². The molecule has 1 saturated heterocycles. The predicted octanol–water partition coefficient (Wildman–Crippen LogP) is 8.67. The number of carboxylic acid groups (broad SMARTS) is 1. The van der Waals surface area contributed by atoms with E-state index < -0.39 is 60.0 Å². The van der Waals surface area contributed by atoms with E-state index in [0.29, 0.717) is 38.8 Å². The predicted molar refractivity (Wildman–Crippen MR) is 269 cm³/mol. The number of esters is 1. The average molecular weight is 956 g/mol. The molecule has 0 spiro atoms. The summed E-state index contributed by atoms with van der Waals surface area (Å²) in [4.78, 5) is 88.0. The molecule has 9 atom stereocenters. The molecular weight excluding hydrogens is 875 g/mol. The SMILES string of the molecule is CC[C@H](C)[C@@H]([C@@H](CC(=O)N1CCC[C@H]1[C@H](OC)[C@@H](C)C(=O)C[C@@H](Cc1ccccc1)C(=O)OCc1cccc2ccccc12)OC)N(C)C(=O)[C@@H](CC(=O)[C@H](C(C)C)N(C)CCCC(=O)O)C(C)C. The van der Waals surface area contributed by atoms with Crippen LogP contribution in [0.25, 0.3) is 10.8 Å². The van der Waals surface area contributed by atoms with Gasteiger partial charge in [0.05, 0.1) is 42.7 Å². The van der Waals surface area contributed by atoms with Gasteiger partial charge in [-0.15, -0.1) is 0 Å². The Hall–Kier alpha value is -4.98. The monoisotopic (exact) mass is 956 g/mol. The molecule has 0 radical (unpaired) electrons. The number of carboxylic acids is 1. The normalized spacial score (nSPS) is 17.5. The van der Waals surface area contributed by atoms with Crippen LogP contribution in [0.3, 0.4) is 0 Å². The molecule has 1 N–H and O–H groups in total. The first-order valence-electron chi connectivity index (χ1n) is 25.1. The summed E-state index contributed by atoms with van der Waals surface area (Å²) >= 11 is 0. The lowest BCUT2D eigenvalue weighted by molar-refractivity contribution is -0.152. The van der Waals surface area contributed by atoms with E-state index in [2.05, 4.69) is 0 Å². The summed E-state index contributed by atoms with van der Waals surface area (Å²) in [6, 6.07) is 22.1. The third-order valence-corrected chi connectivity index (χ3v) is 14.6. The topological polar surface area (TPSA) is 160 Å². The highest BCUT2D eigenvalue weighted by Crippen LogP contribution is 2.32. The maximum absolute atomic E-state index is 14.6. The number of Topliss-reactive ketones (excluding diaryl/α,β-unsaturated/α-hetero) is 2. The highest BCUT2D eigenvalue weighted by Gasteiger charge is 2.44. The fraction of sp³-hybridized carbons (Fsp3) is 0.607. The van der Waals surface area contributed by atoms with Gasteiger partial charge in [-0.25, -0.2) is 0 Å². The van der Waals surface area contributed by atoms with Crippen LogP contribution in [0.4, 0.5) is 0 Å². The summed E-state index contributed by atoms with van der Waals surface area (Å²) in [5.41, 5.74) is 1.80. The maximum atomic E-state index is 14.6. The zero-order valence-corrected chi connectivity index (χ0v) is 43.2. The molecule has 1 fully saturated rings. The molecule has 69 heavy (non-hydrogen) atoms. The van der Waals surface area contributed by atoms with E-state index in [-0.39, 0.29) is 73.4 Å². The summed E-state index contributed by atoms with van der Waals surface area (Å²) in [6.07, 6.45) is 1.45. The fourth-order valence-corrected chi connectivity index (χ4v) is 10.5. The minimum absolute atomic E-state index is 0.00943. The van der Waals surface area contributed by atoms with Crippen LogP contribution in [0, 0.1) is 35.5 Å². The Balaban J connectivity index is 1.49. The fourth-order valence-electron chi connectivity index (χ4n) is 10.5. The number of rotatable bonds is 29. The van der Waals surface area contributed by atoms with Crippen molar-refractivity contribution < 1.29 is 48.1 Å². The second-order valence-electron chi connectivity index (χ2n) is 20.1. The number of carbonyl (C=O) groups is 6. The third-order valence-electron chi connectivity index (χ3n) is 14.6. The standard InChI is InChI=1S/C56H81N3O10/c1-12-38(6)53(58(9)55(65)45(36(2)3)33-48(61)52(37(4)5)57(8)29-20-28-51(63)64)49(67-10)34-50(62)59-30-19-27-46(59)54(68-11)39(7)47(60)32-43(31-40-21-14-13-15-22-40)56(66)69-35-42-25-18-24-41-23-16-17-26-44(41)42/h13-18,21-26,36-39,43,45-46,49,52-54H,12,19-20,27-35H2,1-11H3,(H,63,64)/t38-,39-,43+,45-,46-,49+,52-,53-,54+/m0/s1. The number of ketones is 2. The number of likely N-dealkylation sites (tertiary alicyclic amines) is 1. The molecule has 4 rings (SSSR count). The molecule has 1 aliphatic rings. The summed E-state index contributed by atoms with van der Waals surface area (Å²) < 4.78 is 18.2. The van der Waals surface area contributed by atoms with Crippen molar-refractivity contribution in [2.75, 3.05) is 41.4 Å². The molecule has 2 amide bonds.